The largest absolute Gasteiger partial charge is 0.298 e. The molecule has 0 aromatic carbocycles. The first-order valence-corrected chi connectivity index (χ1v) is 5.01. The van der Waals surface area contributed by atoms with Gasteiger partial charge in [0, 0.05) is 6.42 Å². The van der Waals surface area contributed by atoms with E-state index in [1.165, 1.54) is 0 Å². The van der Waals surface area contributed by atoms with Crippen LogP contribution in [0.1, 0.15) is 40.0 Å². The Morgan fingerprint density at radius 1 is 1.42 bits per heavy atom. The van der Waals surface area contributed by atoms with Gasteiger partial charge in [-0.3, -0.25) is 4.79 Å². The summed E-state index contributed by atoms with van der Waals surface area (Å²) in [6.07, 6.45) is 2.56. The lowest BCUT2D eigenvalue weighted by Crippen LogP contribution is -2.32. The van der Waals surface area contributed by atoms with Crippen LogP contribution >= 0.6 is 11.6 Å². The van der Waals surface area contributed by atoms with Crippen LogP contribution in [0.15, 0.2) is 0 Å². The van der Waals surface area contributed by atoms with Crippen molar-refractivity contribution in [2.75, 3.05) is 0 Å². The lowest BCUT2D eigenvalue weighted by molar-refractivity contribution is -0.121. The number of alkyl halides is 1. The molecule has 0 aliphatic heterocycles. The van der Waals surface area contributed by atoms with Gasteiger partial charge in [0.1, 0.15) is 0 Å². The van der Waals surface area contributed by atoms with Crippen LogP contribution in [0.2, 0.25) is 0 Å². The minimum Gasteiger partial charge on any atom is -0.298 e. The zero-order valence-electron chi connectivity index (χ0n) is 8.06. The minimum absolute atomic E-state index is 0.219. The van der Waals surface area contributed by atoms with Crippen molar-refractivity contribution in [2.24, 2.45) is 11.3 Å². The van der Waals surface area contributed by atoms with E-state index in [2.05, 4.69) is 20.8 Å². The maximum Gasteiger partial charge on any atom is 0.150 e. The molecule has 12 heavy (non-hydrogen) atoms. The Morgan fingerprint density at radius 2 is 2.00 bits per heavy atom. The summed E-state index contributed by atoms with van der Waals surface area (Å²) in [7, 11) is 0. The Labute approximate surface area is 79.5 Å². The molecule has 0 spiro atoms. The second-order valence-corrected chi connectivity index (χ2v) is 5.30. The van der Waals surface area contributed by atoms with E-state index in [4.69, 9.17) is 11.6 Å². The van der Waals surface area contributed by atoms with E-state index < -0.39 is 0 Å². The number of ketones is 1. The van der Waals surface area contributed by atoms with E-state index >= 15 is 0 Å². The smallest absolute Gasteiger partial charge is 0.150 e. The third kappa shape index (κ3) is 2.22. The lowest BCUT2D eigenvalue weighted by atomic mass is 9.72. The third-order valence-corrected chi connectivity index (χ3v) is 3.23. The van der Waals surface area contributed by atoms with Gasteiger partial charge in [-0.25, -0.2) is 0 Å². The molecule has 1 aliphatic rings. The number of halogens is 1. The van der Waals surface area contributed by atoms with Gasteiger partial charge in [-0.05, 0) is 24.2 Å². The molecule has 1 aliphatic carbocycles. The van der Waals surface area contributed by atoms with Crippen LogP contribution in [-0.4, -0.2) is 11.2 Å². The van der Waals surface area contributed by atoms with Gasteiger partial charge < -0.3 is 0 Å². The Hall–Kier alpha value is -0.0400. The standard InChI is InChI=1S/C10H17ClO/c1-10(2,3)7-4-5-9(12)8(11)6-7/h7-8H,4-6H2,1-3H3. The zero-order chi connectivity index (χ0) is 9.35. The van der Waals surface area contributed by atoms with Gasteiger partial charge in [0.2, 0.25) is 0 Å². The fraction of sp³-hybridized carbons (Fsp3) is 0.900. The van der Waals surface area contributed by atoms with Crippen molar-refractivity contribution in [2.45, 2.75) is 45.4 Å². The van der Waals surface area contributed by atoms with E-state index in [9.17, 15) is 4.79 Å². The Bertz CT molecular complexity index is 181. The highest BCUT2D eigenvalue weighted by atomic mass is 35.5. The molecule has 1 fully saturated rings. The normalized spacial score (nSPS) is 32.2. The van der Waals surface area contributed by atoms with Gasteiger partial charge in [0.15, 0.2) is 5.78 Å². The quantitative estimate of drug-likeness (QED) is 0.535. The van der Waals surface area contributed by atoms with Crippen molar-refractivity contribution in [1.82, 2.24) is 0 Å². The van der Waals surface area contributed by atoms with Gasteiger partial charge in [-0.15, -0.1) is 11.6 Å². The van der Waals surface area contributed by atoms with E-state index in [1.54, 1.807) is 0 Å². The van der Waals surface area contributed by atoms with E-state index in [1.807, 2.05) is 0 Å². The number of Topliss-reactive ketones (excluding diaryl/α,β-unsaturated/α-hetero) is 1. The predicted molar refractivity (Wildman–Crippen MR) is 51.4 cm³/mol. The third-order valence-electron chi connectivity index (χ3n) is 2.80. The van der Waals surface area contributed by atoms with E-state index in [-0.39, 0.29) is 11.2 Å². The monoisotopic (exact) mass is 188 g/mol. The van der Waals surface area contributed by atoms with Crippen molar-refractivity contribution in [3.8, 4) is 0 Å². The molecule has 0 radical (unpaired) electrons. The fourth-order valence-electron chi connectivity index (χ4n) is 1.76. The van der Waals surface area contributed by atoms with Gasteiger partial charge in [0.25, 0.3) is 0 Å². The summed E-state index contributed by atoms with van der Waals surface area (Å²) in [6, 6.07) is 0. The topological polar surface area (TPSA) is 17.1 Å². The summed E-state index contributed by atoms with van der Waals surface area (Å²) in [4.78, 5) is 11.1. The summed E-state index contributed by atoms with van der Waals surface area (Å²) in [5.41, 5.74) is 0.299. The maximum absolute atomic E-state index is 11.1. The molecule has 70 valence electrons. The molecule has 0 bridgehead atoms. The van der Waals surface area contributed by atoms with E-state index in [0.29, 0.717) is 17.8 Å². The second-order valence-electron chi connectivity index (χ2n) is 4.77. The highest BCUT2D eigenvalue weighted by molar-refractivity contribution is 6.31. The van der Waals surface area contributed by atoms with Crippen molar-refractivity contribution in [3.63, 3.8) is 0 Å². The second kappa shape index (κ2) is 3.37. The fourth-order valence-corrected chi connectivity index (χ4v) is 2.08. The zero-order valence-corrected chi connectivity index (χ0v) is 8.82. The molecule has 0 aromatic rings. The first-order valence-electron chi connectivity index (χ1n) is 4.58. The molecule has 0 heterocycles. The molecule has 2 atom stereocenters. The van der Waals surface area contributed by atoms with Crippen molar-refractivity contribution in [1.29, 1.82) is 0 Å². The van der Waals surface area contributed by atoms with Crippen LogP contribution in [0.25, 0.3) is 0 Å². The Balaban J connectivity index is 2.57. The molecule has 0 amide bonds. The summed E-state index contributed by atoms with van der Waals surface area (Å²) in [5, 5.41) is -0.219. The number of hydrogen-bond acceptors (Lipinski definition) is 1. The molecule has 2 unspecified atom stereocenters. The van der Waals surface area contributed by atoms with Crippen LogP contribution < -0.4 is 0 Å². The molecule has 0 aromatic heterocycles. The van der Waals surface area contributed by atoms with E-state index in [0.717, 1.165) is 12.8 Å². The first-order chi connectivity index (χ1) is 5.41. The molecule has 2 heteroatoms. The molecule has 1 nitrogen and oxygen atoms in total. The maximum atomic E-state index is 11.1. The number of carbonyl (C=O) groups is 1. The number of hydrogen-bond donors (Lipinski definition) is 0. The Morgan fingerprint density at radius 3 is 2.42 bits per heavy atom. The molecule has 1 saturated carbocycles. The van der Waals surface area contributed by atoms with Crippen LogP contribution in [-0.2, 0) is 4.79 Å². The minimum atomic E-state index is -0.219. The Kier molecular flexibility index (Phi) is 2.82. The average molecular weight is 189 g/mol. The van der Waals surface area contributed by atoms with Gasteiger partial charge in [0.05, 0.1) is 5.38 Å². The summed E-state index contributed by atoms with van der Waals surface area (Å²) >= 11 is 5.92. The number of carbonyl (C=O) groups excluding carboxylic acids is 1. The van der Waals surface area contributed by atoms with Crippen molar-refractivity contribution < 1.29 is 4.79 Å². The summed E-state index contributed by atoms with van der Waals surface area (Å²) in [6.45, 7) is 6.66. The lowest BCUT2D eigenvalue weighted by Gasteiger charge is -2.35. The van der Waals surface area contributed by atoms with Gasteiger partial charge >= 0.3 is 0 Å². The van der Waals surface area contributed by atoms with Gasteiger partial charge in [-0.2, -0.15) is 0 Å². The highest BCUT2D eigenvalue weighted by Crippen LogP contribution is 2.38. The van der Waals surface area contributed by atoms with Crippen LogP contribution in [0.4, 0.5) is 0 Å². The molecule has 0 N–H and O–H groups in total. The molecule has 0 saturated heterocycles. The van der Waals surface area contributed by atoms with Crippen LogP contribution in [0, 0.1) is 11.3 Å². The summed E-state index contributed by atoms with van der Waals surface area (Å²) in [5.74, 6) is 0.842. The van der Waals surface area contributed by atoms with Crippen LogP contribution in [0.5, 0.6) is 0 Å². The molecular formula is C10H17ClO. The van der Waals surface area contributed by atoms with Crippen molar-refractivity contribution >= 4 is 17.4 Å². The summed E-state index contributed by atoms with van der Waals surface area (Å²) < 4.78 is 0. The van der Waals surface area contributed by atoms with Crippen molar-refractivity contribution in [3.05, 3.63) is 0 Å². The van der Waals surface area contributed by atoms with Gasteiger partial charge in [-0.1, -0.05) is 20.8 Å². The highest BCUT2D eigenvalue weighted by Gasteiger charge is 2.33. The number of rotatable bonds is 0. The molecule has 1 rings (SSSR count). The SMILES string of the molecule is CC(C)(C)C1CCC(=O)C(Cl)C1. The van der Waals surface area contributed by atoms with Crippen LogP contribution in [0.3, 0.4) is 0 Å². The predicted octanol–water partition coefficient (Wildman–Crippen LogP) is 3.01. The average Bonchev–Trinajstić information content (AvgIpc) is 1.92. The first kappa shape index (κ1) is 10.0. The molecular weight excluding hydrogens is 172 g/mol.